The summed E-state index contributed by atoms with van der Waals surface area (Å²) < 4.78 is 30.3. The zero-order chi connectivity index (χ0) is 23.3. The Bertz CT molecular complexity index is 1290. The van der Waals surface area contributed by atoms with Crippen LogP contribution in [0.5, 0.6) is 0 Å². The Balaban J connectivity index is 1.66. The molecule has 0 saturated heterocycles. The molecule has 0 saturated carbocycles. The van der Waals surface area contributed by atoms with Gasteiger partial charge in [0.05, 0.1) is 38.1 Å². The summed E-state index contributed by atoms with van der Waals surface area (Å²) in [5.41, 5.74) is 5.54. The van der Waals surface area contributed by atoms with Gasteiger partial charge in [-0.2, -0.15) is 0 Å². The van der Waals surface area contributed by atoms with E-state index in [0.717, 1.165) is 11.3 Å². The number of amides is 4. The zero-order valence-electron chi connectivity index (χ0n) is 16.3. The van der Waals surface area contributed by atoms with E-state index in [1.807, 2.05) is 0 Å². The molecule has 1 aromatic heterocycles. The third kappa shape index (κ3) is 6.01. The van der Waals surface area contributed by atoms with E-state index in [-0.39, 0.29) is 39.6 Å². The molecule has 0 aliphatic carbocycles. The number of urea groups is 1. The van der Waals surface area contributed by atoms with Crippen LogP contribution in [0.15, 0.2) is 47.4 Å². The number of hydrogen-bond donors (Lipinski definition) is 3. The summed E-state index contributed by atoms with van der Waals surface area (Å²) in [6.07, 6.45) is 0. The molecule has 32 heavy (non-hydrogen) atoms. The first-order chi connectivity index (χ1) is 15.2. The fraction of sp³-hybridized carbons (Fsp3) is 0.158. The lowest BCUT2D eigenvalue weighted by molar-refractivity contribution is -0.122. The molecule has 0 unspecified atom stereocenters. The maximum atomic E-state index is 12.4. The number of fused-ring (bicyclic) bond motifs is 1. The summed E-state index contributed by atoms with van der Waals surface area (Å²) >= 11 is 6.98. The molecule has 4 N–H and O–H groups in total. The number of hydrogen-bond acceptors (Lipinski definition) is 8. The summed E-state index contributed by atoms with van der Waals surface area (Å²) in [7, 11) is -3.67. The molecule has 0 spiro atoms. The molecule has 0 radical (unpaired) electrons. The van der Waals surface area contributed by atoms with Crippen molar-refractivity contribution < 1.29 is 27.5 Å². The molecule has 2 aromatic carbocycles. The van der Waals surface area contributed by atoms with Gasteiger partial charge < -0.3 is 10.5 Å². The third-order valence-corrected chi connectivity index (χ3v) is 6.97. The average Bonchev–Trinajstić information content (AvgIpc) is 3.12. The summed E-state index contributed by atoms with van der Waals surface area (Å²) in [6.45, 7) is -0.544. The van der Waals surface area contributed by atoms with Crippen molar-refractivity contribution in [2.45, 2.75) is 4.90 Å². The first-order valence-corrected chi connectivity index (χ1v) is 11.9. The molecule has 0 fully saturated rings. The molecule has 10 nitrogen and oxygen atoms in total. The fourth-order valence-electron chi connectivity index (χ4n) is 2.56. The number of primary amides is 1. The van der Waals surface area contributed by atoms with Crippen LogP contribution < -0.4 is 16.4 Å². The molecular weight excluding hydrogens is 480 g/mol. The van der Waals surface area contributed by atoms with Gasteiger partial charge in [0.15, 0.2) is 15.0 Å². The second-order valence-corrected chi connectivity index (χ2v) is 9.92. The summed E-state index contributed by atoms with van der Waals surface area (Å²) in [4.78, 5) is 39.2. The van der Waals surface area contributed by atoms with Crippen molar-refractivity contribution in [3.63, 3.8) is 0 Å². The topological polar surface area (TPSA) is 158 Å². The Morgan fingerprint density at radius 2 is 1.91 bits per heavy atom. The predicted molar refractivity (Wildman–Crippen MR) is 120 cm³/mol. The van der Waals surface area contributed by atoms with Crippen molar-refractivity contribution in [1.82, 2.24) is 10.3 Å². The lowest BCUT2D eigenvalue weighted by Crippen LogP contribution is -2.34. The second-order valence-electron chi connectivity index (χ2n) is 6.37. The highest BCUT2D eigenvalue weighted by Crippen LogP contribution is 2.28. The number of anilines is 1. The minimum atomic E-state index is -3.67. The molecule has 3 aromatic rings. The summed E-state index contributed by atoms with van der Waals surface area (Å²) in [5.74, 6) is -1.70. The van der Waals surface area contributed by atoms with Crippen LogP contribution in [-0.2, 0) is 19.4 Å². The van der Waals surface area contributed by atoms with Crippen molar-refractivity contribution in [1.29, 1.82) is 0 Å². The molecule has 0 atom stereocenters. The number of nitrogens with two attached hydrogens (primary N) is 1. The van der Waals surface area contributed by atoms with Gasteiger partial charge in [0.2, 0.25) is 5.91 Å². The number of rotatable bonds is 8. The van der Waals surface area contributed by atoms with Gasteiger partial charge in [-0.25, -0.2) is 18.2 Å². The molecule has 168 valence electrons. The minimum absolute atomic E-state index is 0.0428. The van der Waals surface area contributed by atoms with Crippen LogP contribution in [0.3, 0.4) is 0 Å². The maximum absolute atomic E-state index is 12.4. The zero-order valence-corrected chi connectivity index (χ0v) is 18.7. The molecule has 0 bridgehead atoms. The van der Waals surface area contributed by atoms with E-state index in [9.17, 15) is 22.8 Å². The van der Waals surface area contributed by atoms with E-state index >= 15 is 0 Å². The lowest BCUT2D eigenvalue weighted by atomic mass is 10.2. The minimum Gasteiger partial charge on any atom is -0.371 e. The molecule has 4 amide bonds. The van der Waals surface area contributed by atoms with Crippen molar-refractivity contribution >= 4 is 66.0 Å². The van der Waals surface area contributed by atoms with Gasteiger partial charge in [-0.3, -0.25) is 20.2 Å². The first-order valence-electron chi connectivity index (χ1n) is 9.02. The Morgan fingerprint density at radius 1 is 1.16 bits per heavy atom. The van der Waals surface area contributed by atoms with Crippen LogP contribution >= 0.6 is 22.9 Å². The SMILES string of the molecule is NC(=O)COCCS(=O)(=O)c1ccc2nc(NC(=O)NC(=O)c3ccccc3Cl)sc2c1. The molecule has 3 rings (SSSR count). The van der Waals surface area contributed by atoms with Gasteiger partial charge in [0.25, 0.3) is 5.91 Å². The number of sulfone groups is 1. The summed E-state index contributed by atoms with van der Waals surface area (Å²) in [5, 5.41) is 4.97. The predicted octanol–water partition coefficient (Wildman–Crippen LogP) is 2.19. The standard InChI is InChI=1S/C19H17ClN4O6S2/c20-13-4-2-1-3-12(13)17(26)23-18(27)24-19-22-14-6-5-11(9-15(14)31-19)32(28,29)8-7-30-10-16(21)25/h1-6,9H,7-8,10H2,(H2,21,25)(H2,22,23,24,26,27). The van der Waals surface area contributed by atoms with Gasteiger partial charge >= 0.3 is 6.03 Å². The van der Waals surface area contributed by atoms with Gasteiger partial charge in [-0.1, -0.05) is 35.1 Å². The van der Waals surface area contributed by atoms with E-state index < -0.39 is 27.7 Å². The number of ether oxygens (including phenoxy) is 1. The van der Waals surface area contributed by atoms with Crippen molar-refractivity contribution in [3.05, 3.63) is 53.1 Å². The second kappa shape index (κ2) is 10.0. The van der Waals surface area contributed by atoms with Gasteiger partial charge in [0, 0.05) is 0 Å². The highest BCUT2D eigenvalue weighted by Gasteiger charge is 2.18. The fourth-order valence-corrected chi connectivity index (χ4v) is 4.90. The van der Waals surface area contributed by atoms with E-state index in [1.165, 1.54) is 30.3 Å². The number of aromatic nitrogens is 1. The molecule has 13 heteroatoms. The number of imide groups is 1. The van der Waals surface area contributed by atoms with Crippen LogP contribution in [0.1, 0.15) is 10.4 Å². The Kier molecular flexibility index (Phi) is 7.40. The van der Waals surface area contributed by atoms with Crippen LogP contribution in [0.2, 0.25) is 5.02 Å². The van der Waals surface area contributed by atoms with Gasteiger partial charge in [-0.15, -0.1) is 0 Å². The highest BCUT2D eigenvalue weighted by molar-refractivity contribution is 7.91. The monoisotopic (exact) mass is 496 g/mol. The molecule has 0 aliphatic heterocycles. The number of thiazole rings is 1. The number of nitrogens with one attached hydrogen (secondary N) is 2. The van der Waals surface area contributed by atoms with E-state index in [2.05, 4.69) is 15.6 Å². The third-order valence-electron chi connectivity index (χ3n) is 4.03. The van der Waals surface area contributed by atoms with E-state index in [4.69, 9.17) is 22.1 Å². The summed E-state index contributed by atoms with van der Waals surface area (Å²) in [6, 6.07) is 9.77. The van der Waals surface area contributed by atoms with Crippen LogP contribution in [0.4, 0.5) is 9.93 Å². The molecule has 1 heterocycles. The van der Waals surface area contributed by atoms with Gasteiger partial charge in [0.1, 0.15) is 6.61 Å². The molecular formula is C19H17ClN4O6S2. The lowest BCUT2D eigenvalue weighted by Gasteiger charge is -2.05. The Labute approximate surface area is 191 Å². The first kappa shape index (κ1) is 23.6. The smallest absolute Gasteiger partial charge is 0.327 e. The number of benzene rings is 2. The Hall–Kier alpha value is -3.06. The van der Waals surface area contributed by atoms with Crippen LogP contribution in [-0.4, -0.2) is 50.2 Å². The number of carbonyl (C=O) groups is 3. The van der Waals surface area contributed by atoms with Crippen molar-refractivity contribution in [2.24, 2.45) is 5.73 Å². The van der Waals surface area contributed by atoms with Gasteiger partial charge in [-0.05, 0) is 30.3 Å². The number of carbonyl (C=O) groups excluding carboxylic acids is 3. The number of nitrogens with zero attached hydrogens (tertiary/aromatic N) is 1. The molecule has 0 aliphatic rings. The normalized spacial score (nSPS) is 11.3. The highest BCUT2D eigenvalue weighted by atomic mass is 35.5. The largest absolute Gasteiger partial charge is 0.371 e. The number of halogens is 1. The van der Waals surface area contributed by atoms with E-state index in [0.29, 0.717) is 10.2 Å². The van der Waals surface area contributed by atoms with Crippen LogP contribution in [0.25, 0.3) is 10.2 Å². The quantitative estimate of drug-likeness (QED) is 0.403. The van der Waals surface area contributed by atoms with E-state index in [1.54, 1.807) is 12.1 Å². The van der Waals surface area contributed by atoms with Crippen molar-refractivity contribution in [3.8, 4) is 0 Å². The maximum Gasteiger partial charge on any atom is 0.327 e. The average molecular weight is 497 g/mol. The van der Waals surface area contributed by atoms with Crippen molar-refractivity contribution in [2.75, 3.05) is 24.3 Å². The van der Waals surface area contributed by atoms with Crippen LogP contribution in [0, 0.1) is 0 Å². The Morgan fingerprint density at radius 3 is 2.62 bits per heavy atom.